The van der Waals surface area contributed by atoms with Crippen molar-refractivity contribution in [2.24, 2.45) is 7.05 Å². The second kappa shape index (κ2) is 2.65. The fraction of sp³-hybridized carbons (Fsp3) is 0.222. The minimum Gasteiger partial charge on any atom is -0.326 e. The van der Waals surface area contributed by atoms with Gasteiger partial charge in [-0.25, -0.2) is 9.97 Å². The Morgan fingerprint density at radius 1 is 1.54 bits per heavy atom. The Morgan fingerprint density at radius 2 is 2.31 bits per heavy atom. The van der Waals surface area contributed by atoms with Crippen LogP contribution in [0.5, 0.6) is 0 Å². The number of aryl methyl sites for hydroxylation is 1. The molecule has 0 bridgehead atoms. The van der Waals surface area contributed by atoms with Crippen molar-refractivity contribution in [2.75, 3.05) is 0 Å². The molecular weight excluding hydrogens is 166 g/mol. The van der Waals surface area contributed by atoms with Gasteiger partial charge >= 0.3 is 0 Å². The molecule has 13 heavy (non-hydrogen) atoms. The predicted octanol–water partition coefficient (Wildman–Crippen LogP) is 1.17. The molecule has 0 aliphatic carbocycles. The van der Waals surface area contributed by atoms with Gasteiger partial charge in [-0.3, -0.25) is 4.79 Å². The molecule has 0 amide bonds. The van der Waals surface area contributed by atoms with Gasteiger partial charge < -0.3 is 4.57 Å². The average molecular weight is 175 g/mol. The van der Waals surface area contributed by atoms with Gasteiger partial charge in [-0.05, 0) is 6.07 Å². The van der Waals surface area contributed by atoms with Crippen molar-refractivity contribution >= 4 is 16.8 Å². The molecule has 0 fully saturated rings. The molecular formula is C9H9N3O. The van der Waals surface area contributed by atoms with Crippen LogP contribution in [0.25, 0.3) is 11.0 Å². The highest BCUT2D eigenvalue weighted by Crippen LogP contribution is 2.14. The van der Waals surface area contributed by atoms with E-state index >= 15 is 0 Å². The van der Waals surface area contributed by atoms with Gasteiger partial charge in [0.25, 0.3) is 0 Å². The monoisotopic (exact) mass is 175 g/mol. The highest BCUT2D eigenvalue weighted by molar-refractivity contribution is 5.97. The zero-order chi connectivity index (χ0) is 9.42. The van der Waals surface area contributed by atoms with Gasteiger partial charge in [-0.15, -0.1) is 0 Å². The van der Waals surface area contributed by atoms with Crippen molar-refractivity contribution in [1.29, 1.82) is 0 Å². The standard InChI is InChI=1S/C9H9N3O/c1-6(13)8-3-7-4-10-5-11-9(7)12(8)2/h3-5H,1-2H3. The number of hydrogen-bond acceptors (Lipinski definition) is 3. The first-order chi connectivity index (χ1) is 6.20. The second-order valence-electron chi connectivity index (χ2n) is 2.95. The first kappa shape index (κ1) is 7.91. The minimum atomic E-state index is 0.0421. The predicted molar refractivity (Wildman–Crippen MR) is 48.5 cm³/mol. The Hall–Kier alpha value is -1.71. The van der Waals surface area contributed by atoms with Crippen LogP contribution in [0.2, 0.25) is 0 Å². The van der Waals surface area contributed by atoms with Crippen LogP contribution in [0.1, 0.15) is 17.4 Å². The summed E-state index contributed by atoms with van der Waals surface area (Å²) in [4.78, 5) is 19.1. The minimum absolute atomic E-state index is 0.0421. The lowest BCUT2D eigenvalue weighted by molar-refractivity contribution is 0.101. The number of rotatable bonds is 1. The van der Waals surface area contributed by atoms with Gasteiger partial charge in [0, 0.05) is 25.6 Å². The normalized spacial score (nSPS) is 10.6. The summed E-state index contributed by atoms with van der Waals surface area (Å²) in [6, 6.07) is 1.80. The third-order valence-corrected chi connectivity index (χ3v) is 2.05. The van der Waals surface area contributed by atoms with E-state index in [0.717, 1.165) is 11.0 Å². The van der Waals surface area contributed by atoms with Crippen LogP contribution >= 0.6 is 0 Å². The fourth-order valence-corrected chi connectivity index (χ4v) is 1.41. The Balaban J connectivity index is 2.81. The number of hydrogen-bond donors (Lipinski definition) is 0. The van der Waals surface area contributed by atoms with E-state index in [4.69, 9.17) is 0 Å². The van der Waals surface area contributed by atoms with E-state index in [2.05, 4.69) is 9.97 Å². The first-order valence-corrected chi connectivity index (χ1v) is 3.96. The Kier molecular flexibility index (Phi) is 1.62. The van der Waals surface area contributed by atoms with Crippen molar-refractivity contribution in [3.63, 3.8) is 0 Å². The van der Waals surface area contributed by atoms with Crippen molar-refractivity contribution in [3.8, 4) is 0 Å². The van der Waals surface area contributed by atoms with Crippen LogP contribution in [0.4, 0.5) is 0 Å². The van der Waals surface area contributed by atoms with E-state index in [-0.39, 0.29) is 5.78 Å². The molecule has 2 heterocycles. The maximum atomic E-state index is 11.2. The summed E-state index contributed by atoms with van der Waals surface area (Å²) in [5.74, 6) is 0.0421. The van der Waals surface area contributed by atoms with Crippen LogP contribution in [0, 0.1) is 0 Å². The maximum absolute atomic E-state index is 11.2. The molecule has 0 atom stereocenters. The van der Waals surface area contributed by atoms with Gasteiger partial charge in [0.05, 0.1) is 5.69 Å². The summed E-state index contributed by atoms with van der Waals surface area (Å²) < 4.78 is 1.78. The maximum Gasteiger partial charge on any atom is 0.176 e. The van der Waals surface area contributed by atoms with Gasteiger partial charge in [-0.2, -0.15) is 0 Å². The molecule has 0 saturated carbocycles. The second-order valence-corrected chi connectivity index (χ2v) is 2.95. The highest BCUT2D eigenvalue weighted by atomic mass is 16.1. The lowest BCUT2D eigenvalue weighted by Crippen LogP contribution is -2.01. The molecule has 0 spiro atoms. The van der Waals surface area contributed by atoms with E-state index in [0.29, 0.717) is 5.69 Å². The quantitative estimate of drug-likeness (QED) is 0.611. The Labute approximate surface area is 75.2 Å². The zero-order valence-electron chi connectivity index (χ0n) is 7.48. The zero-order valence-corrected chi connectivity index (χ0v) is 7.48. The molecule has 0 unspecified atom stereocenters. The topological polar surface area (TPSA) is 47.8 Å². The van der Waals surface area contributed by atoms with E-state index in [9.17, 15) is 4.79 Å². The number of fused-ring (bicyclic) bond motifs is 1. The molecule has 0 radical (unpaired) electrons. The van der Waals surface area contributed by atoms with Crippen molar-refractivity contribution in [3.05, 3.63) is 24.3 Å². The molecule has 0 aromatic carbocycles. The number of Topliss-reactive ketones (excluding diaryl/α,β-unsaturated/α-hetero) is 1. The third kappa shape index (κ3) is 1.11. The van der Waals surface area contributed by atoms with Crippen molar-refractivity contribution < 1.29 is 4.79 Å². The highest BCUT2D eigenvalue weighted by Gasteiger charge is 2.09. The summed E-state index contributed by atoms with van der Waals surface area (Å²) in [6.07, 6.45) is 3.18. The van der Waals surface area contributed by atoms with Crippen molar-refractivity contribution in [2.45, 2.75) is 6.92 Å². The lowest BCUT2D eigenvalue weighted by atomic mass is 10.3. The Morgan fingerprint density at radius 3 is 2.92 bits per heavy atom. The summed E-state index contributed by atoms with van der Waals surface area (Å²) in [6.45, 7) is 1.54. The van der Waals surface area contributed by atoms with E-state index in [1.54, 1.807) is 23.8 Å². The number of carbonyl (C=O) groups is 1. The molecule has 4 nitrogen and oxygen atoms in total. The van der Waals surface area contributed by atoms with Gasteiger partial charge in [0.2, 0.25) is 0 Å². The van der Waals surface area contributed by atoms with E-state index in [1.807, 2.05) is 7.05 Å². The molecule has 0 N–H and O–H groups in total. The van der Waals surface area contributed by atoms with E-state index < -0.39 is 0 Å². The smallest absolute Gasteiger partial charge is 0.176 e. The molecule has 4 heteroatoms. The number of ketones is 1. The summed E-state index contributed by atoms with van der Waals surface area (Å²) in [7, 11) is 1.83. The summed E-state index contributed by atoms with van der Waals surface area (Å²) in [5.41, 5.74) is 1.45. The Bertz CT molecular complexity index is 473. The van der Waals surface area contributed by atoms with E-state index in [1.165, 1.54) is 6.33 Å². The first-order valence-electron chi connectivity index (χ1n) is 3.96. The van der Waals surface area contributed by atoms with Gasteiger partial charge in [0.15, 0.2) is 5.78 Å². The van der Waals surface area contributed by atoms with Gasteiger partial charge in [0.1, 0.15) is 12.0 Å². The molecule has 66 valence electrons. The largest absolute Gasteiger partial charge is 0.326 e. The van der Waals surface area contributed by atoms with Crippen molar-refractivity contribution in [1.82, 2.24) is 14.5 Å². The average Bonchev–Trinajstić information content (AvgIpc) is 2.45. The molecule has 2 aromatic heterocycles. The van der Waals surface area contributed by atoms with Crippen LogP contribution in [0.15, 0.2) is 18.6 Å². The molecule has 2 aromatic rings. The number of carbonyl (C=O) groups excluding carboxylic acids is 1. The summed E-state index contributed by atoms with van der Waals surface area (Å²) >= 11 is 0. The molecule has 0 aliphatic heterocycles. The van der Waals surface area contributed by atoms with Gasteiger partial charge in [-0.1, -0.05) is 0 Å². The lowest BCUT2D eigenvalue weighted by Gasteiger charge is -1.97. The fourth-order valence-electron chi connectivity index (χ4n) is 1.41. The molecule has 0 saturated heterocycles. The molecule has 2 rings (SSSR count). The van der Waals surface area contributed by atoms with Crippen LogP contribution in [-0.4, -0.2) is 20.3 Å². The third-order valence-electron chi connectivity index (χ3n) is 2.05. The molecule has 0 aliphatic rings. The number of aromatic nitrogens is 3. The SMILES string of the molecule is CC(=O)c1cc2cncnc2n1C. The van der Waals surface area contributed by atoms with Crippen LogP contribution in [-0.2, 0) is 7.05 Å². The number of nitrogens with zero attached hydrogens (tertiary/aromatic N) is 3. The van der Waals surface area contributed by atoms with Crippen LogP contribution in [0.3, 0.4) is 0 Å². The van der Waals surface area contributed by atoms with Crippen LogP contribution < -0.4 is 0 Å². The summed E-state index contributed by atoms with van der Waals surface area (Å²) in [5, 5.41) is 0.898.